The molecule has 0 unspecified atom stereocenters. The van der Waals surface area contributed by atoms with Crippen LogP contribution in [0.4, 0.5) is 22.0 Å². The van der Waals surface area contributed by atoms with Crippen molar-refractivity contribution in [2.45, 2.75) is 63.0 Å². The number of carbonyl (C=O) groups is 1. The SMILES string of the molecule is Cn1nc(C(=O)NCC2CCC(S(C)(=O)=O)CC2)c(Cl)c1-c1ccc(CCCC(F)(F)F)cc1OC(F)F. The molecule has 0 atom stereocenters. The van der Waals surface area contributed by atoms with Crippen LogP contribution < -0.4 is 10.1 Å². The molecule has 0 bridgehead atoms. The minimum atomic E-state index is -4.32. The quantitative estimate of drug-likeness (QED) is 0.369. The van der Waals surface area contributed by atoms with Crippen molar-refractivity contribution in [1.29, 1.82) is 0 Å². The molecule has 1 aliphatic rings. The molecule has 1 amide bonds. The third-order valence-electron chi connectivity index (χ3n) is 6.60. The van der Waals surface area contributed by atoms with Crippen molar-refractivity contribution in [3.05, 3.63) is 34.5 Å². The number of hydrogen-bond acceptors (Lipinski definition) is 5. The molecule has 1 aliphatic carbocycles. The molecule has 3 rings (SSSR count). The zero-order valence-electron chi connectivity index (χ0n) is 20.8. The van der Waals surface area contributed by atoms with Gasteiger partial charge in [-0.15, -0.1) is 0 Å². The second-order valence-electron chi connectivity index (χ2n) is 9.49. The number of sulfone groups is 1. The number of hydrogen-bond donors (Lipinski definition) is 1. The van der Waals surface area contributed by atoms with Crippen molar-refractivity contribution < 1.29 is 39.9 Å². The Kier molecular flexibility index (Phi) is 9.66. The van der Waals surface area contributed by atoms with Crippen LogP contribution in [-0.4, -0.2) is 54.9 Å². The number of rotatable bonds is 10. The summed E-state index contributed by atoms with van der Waals surface area (Å²) in [5.41, 5.74) is 0.465. The van der Waals surface area contributed by atoms with Gasteiger partial charge < -0.3 is 10.1 Å². The van der Waals surface area contributed by atoms with Gasteiger partial charge in [0.25, 0.3) is 5.91 Å². The van der Waals surface area contributed by atoms with Gasteiger partial charge in [-0.25, -0.2) is 8.42 Å². The number of ether oxygens (including phenoxy) is 1. The number of aryl methyl sites for hydroxylation is 2. The van der Waals surface area contributed by atoms with E-state index in [0.717, 1.165) is 0 Å². The summed E-state index contributed by atoms with van der Waals surface area (Å²) in [4.78, 5) is 12.8. The molecule has 1 N–H and O–H groups in total. The number of benzene rings is 1. The van der Waals surface area contributed by atoms with Gasteiger partial charge in [0, 0.05) is 31.8 Å². The number of halogens is 6. The lowest BCUT2D eigenvalue weighted by molar-refractivity contribution is -0.135. The van der Waals surface area contributed by atoms with Gasteiger partial charge in [0.1, 0.15) is 15.6 Å². The molecule has 0 radical (unpaired) electrons. The van der Waals surface area contributed by atoms with Crippen LogP contribution >= 0.6 is 11.6 Å². The summed E-state index contributed by atoms with van der Waals surface area (Å²) in [7, 11) is -1.64. The summed E-state index contributed by atoms with van der Waals surface area (Å²) in [5.74, 6) is -0.791. The largest absolute Gasteiger partial charge is 0.434 e. The third-order valence-corrected chi connectivity index (χ3v) is 8.64. The van der Waals surface area contributed by atoms with E-state index in [9.17, 15) is 35.2 Å². The highest BCUT2D eigenvalue weighted by Crippen LogP contribution is 2.38. The Bertz CT molecular complexity index is 1240. The van der Waals surface area contributed by atoms with Crippen molar-refractivity contribution >= 4 is 27.3 Å². The molecule has 1 aromatic carbocycles. The summed E-state index contributed by atoms with van der Waals surface area (Å²) < 4.78 is 93.0. The summed E-state index contributed by atoms with van der Waals surface area (Å²) in [6, 6.07) is 4.11. The van der Waals surface area contributed by atoms with Crippen LogP contribution in [0.3, 0.4) is 0 Å². The van der Waals surface area contributed by atoms with Crippen molar-refractivity contribution in [1.82, 2.24) is 15.1 Å². The predicted octanol–water partition coefficient (Wildman–Crippen LogP) is 5.56. The lowest BCUT2D eigenvalue weighted by Crippen LogP contribution is -2.34. The minimum absolute atomic E-state index is 0.00172. The maximum atomic E-state index is 13.1. The molecule has 38 heavy (non-hydrogen) atoms. The number of amides is 1. The first kappa shape index (κ1) is 30.1. The molecule has 14 heteroatoms. The molecule has 1 aromatic heterocycles. The zero-order valence-corrected chi connectivity index (χ0v) is 22.4. The van der Waals surface area contributed by atoms with Crippen LogP contribution in [0, 0.1) is 5.92 Å². The molecule has 1 heterocycles. The predicted molar refractivity (Wildman–Crippen MR) is 132 cm³/mol. The molecule has 0 spiro atoms. The highest BCUT2D eigenvalue weighted by atomic mass is 35.5. The number of alkyl halides is 5. The van der Waals surface area contributed by atoms with Gasteiger partial charge in [0.2, 0.25) is 0 Å². The first-order valence-electron chi connectivity index (χ1n) is 12.0. The topological polar surface area (TPSA) is 90.3 Å². The molecular formula is C24H29ClF5N3O4S. The summed E-state index contributed by atoms with van der Waals surface area (Å²) >= 11 is 6.45. The van der Waals surface area contributed by atoms with E-state index in [4.69, 9.17) is 11.6 Å². The standard InChI is InChI=1S/C24H29ClF5N3O4S/c1-33-21(17-10-7-14(4-3-11-24(28,29)30)12-18(17)37-23(26)27)19(25)20(32-33)22(34)31-13-15-5-8-16(9-6-15)38(2,35)36/h7,10,12,15-16,23H,3-6,8-9,11,13H2,1-2H3,(H,31,34). The Morgan fingerprint density at radius 2 is 1.89 bits per heavy atom. The number of nitrogens with one attached hydrogen (secondary N) is 1. The Morgan fingerprint density at radius 1 is 1.24 bits per heavy atom. The molecular weight excluding hydrogens is 557 g/mol. The van der Waals surface area contributed by atoms with E-state index in [2.05, 4.69) is 15.2 Å². The van der Waals surface area contributed by atoms with E-state index < -0.39 is 35.0 Å². The van der Waals surface area contributed by atoms with Crippen LogP contribution in [0.1, 0.15) is 54.6 Å². The summed E-state index contributed by atoms with van der Waals surface area (Å²) in [6.07, 6.45) is -2.00. The summed E-state index contributed by atoms with van der Waals surface area (Å²) in [6.45, 7) is -2.91. The third kappa shape index (κ3) is 8.05. The highest BCUT2D eigenvalue weighted by molar-refractivity contribution is 7.91. The fourth-order valence-corrected chi connectivity index (χ4v) is 6.10. The molecule has 2 aromatic rings. The van der Waals surface area contributed by atoms with Crippen LogP contribution in [-0.2, 0) is 23.3 Å². The van der Waals surface area contributed by atoms with E-state index in [-0.39, 0.29) is 51.7 Å². The van der Waals surface area contributed by atoms with Gasteiger partial charge in [-0.1, -0.05) is 17.7 Å². The van der Waals surface area contributed by atoms with E-state index in [0.29, 0.717) is 37.8 Å². The average molecular weight is 586 g/mol. The Balaban J connectivity index is 1.75. The number of nitrogens with zero attached hydrogens (tertiary/aromatic N) is 2. The maximum Gasteiger partial charge on any atom is 0.389 e. The molecule has 212 valence electrons. The van der Waals surface area contributed by atoms with E-state index in [1.165, 1.54) is 36.2 Å². The lowest BCUT2D eigenvalue weighted by Gasteiger charge is -2.27. The monoisotopic (exact) mass is 585 g/mol. The van der Waals surface area contributed by atoms with Gasteiger partial charge in [0.05, 0.1) is 16.0 Å². The van der Waals surface area contributed by atoms with Gasteiger partial charge in [-0.3, -0.25) is 9.48 Å². The van der Waals surface area contributed by atoms with Crippen LogP contribution in [0.15, 0.2) is 18.2 Å². The fraction of sp³-hybridized carbons (Fsp3) is 0.583. The van der Waals surface area contributed by atoms with E-state index in [1.807, 2.05) is 0 Å². The highest BCUT2D eigenvalue weighted by Gasteiger charge is 2.30. The minimum Gasteiger partial charge on any atom is -0.434 e. The molecule has 1 saturated carbocycles. The maximum absolute atomic E-state index is 13.1. The van der Waals surface area contributed by atoms with Crippen molar-refractivity contribution in [2.75, 3.05) is 12.8 Å². The normalized spacial score (nSPS) is 18.6. The Labute approximate surface area is 222 Å². The van der Waals surface area contributed by atoms with Crippen molar-refractivity contribution in [3.8, 4) is 17.0 Å². The number of aromatic nitrogens is 2. The van der Waals surface area contributed by atoms with Gasteiger partial charge >= 0.3 is 12.8 Å². The molecule has 1 fully saturated rings. The van der Waals surface area contributed by atoms with Crippen molar-refractivity contribution in [2.24, 2.45) is 13.0 Å². The first-order chi connectivity index (χ1) is 17.7. The average Bonchev–Trinajstić information content (AvgIpc) is 3.10. The second kappa shape index (κ2) is 12.2. The molecule has 0 saturated heterocycles. The zero-order chi connectivity index (χ0) is 28.3. The summed E-state index contributed by atoms with van der Waals surface area (Å²) in [5, 5.41) is 6.42. The van der Waals surface area contributed by atoms with Gasteiger partial charge in [-0.2, -0.15) is 27.1 Å². The van der Waals surface area contributed by atoms with E-state index >= 15 is 0 Å². The second-order valence-corrected chi connectivity index (χ2v) is 12.2. The Morgan fingerprint density at radius 3 is 2.47 bits per heavy atom. The molecule has 0 aliphatic heterocycles. The smallest absolute Gasteiger partial charge is 0.389 e. The number of carbonyl (C=O) groups excluding carboxylic acids is 1. The van der Waals surface area contributed by atoms with Crippen molar-refractivity contribution in [3.63, 3.8) is 0 Å². The fourth-order valence-electron chi connectivity index (χ4n) is 4.62. The van der Waals surface area contributed by atoms with Crippen LogP contribution in [0.25, 0.3) is 11.3 Å². The van der Waals surface area contributed by atoms with E-state index in [1.54, 1.807) is 0 Å². The molecule has 7 nitrogen and oxygen atoms in total. The Hall–Kier alpha value is -2.41. The van der Waals surface area contributed by atoms with Gasteiger partial charge in [-0.05, 0) is 62.1 Å². The van der Waals surface area contributed by atoms with Crippen LogP contribution in [0.5, 0.6) is 5.75 Å². The van der Waals surface area contributed by atoms with Crippen LogP contribution in [0.2, 0.25) is 5.02 Å². The first-order valence-corrected chi connectivity index (χ1v) is 14.3. The van der Waals surface area contributed by atoms with Gasteiger partial charge in [0.15, 0.2) is 5.69 Å². The lowest BCUT2D eigenvalue weighted by atomic mass is 9.89.